The van der Waals surface area contributed by atoms with Crippen molar-refractivity contribution in [2.45, 2.75) is 6.54 Å². The monoisotopic (exact) mass is 218 g/mol. The summed E-state index contributed by atoms with van der Waals surface area (Å²) >= 11 is 0. The zero-order valence-corrected chi connectivity index (χ0v) is 9.06. The van der Waals surface area contributed by atoms with Crippen LogP contribution in [0.1, 0.15) is 5.56 Å². The van der Waals surface area contributed by atoms with Crippen LogP contribution in [0, 0.1) is 0 Å². The maximum absolute atomic E-state index is 5.33. The van der Waals surface area contributed by atoms with Gasteiger partial charge in [0, 0.05) is 19.6 Å². The summed E-state index contributed by atoms with van der Waals surface area (Å²) in [5.74, 6) is 0. The van der Waals surface area contributed by atoms with E-state index in [4.69, 9.17) is 9.15 Å². The highest BCUT2D eigenvalue weighted by Gasteiger charge is 2.11. The number of fused-ring (bicyclic) bond motifs is 1. The maximum atomic E-state index is 5.33. The van der Waals surface area contributed by atoms with E-state index in [0.29, 0.717) is 0 Å². The third-order valence-electron chi connectivity index (χ3n) is 2.91. The fourth-order valence-corrected chi connectivity index (χ4v) is 2.02. The number of benzene rings is 1. The van der Waals surface area contributed by atoms with Gasteiger partial charge >= 0.3 is 0 Å². The zero-order valence-electron chi connectivity index (χ0n) is 9.06. The standard InChI is InChI=1S/C12H14N2O2/c1-2-11-12(16-9-13-11)7-10(1)8-14-3-5-15-6-4-14/h1-2,7,9H,3-6,8H2. The lowest BCUT2D eigenvalue weighted by Gasteiger charge is -2.26. The van der Waals surface area contributed by atoms with Crippen molar-refractivity contribution < 1.29 is 9.15 Å². The Balaban J connectivity index is 1.77. The fraction of sp³-hybridized carbons (Fsp3) is 0.417. The van der Waals surface area contributed by atoms with Crippen LogP contribution in [0.15, 0.2) is 29.0 Å². The van der Waals surface area contributed by atoms with Crippen LogP contribution in [0.4, 0.5) is 0 Å². The van der Waals surface area contributed by atoms with Crippen LogP contribution in [-0.4, -0.2) is 36.2 Å². The molecule has 1 saturated heterocycles. The molecule has 0 N–H and O–H groups in total. The zero-order chi connectivity index (χ0) is 10.8. The highest BCUT2D eigenvalue weighted by molar-refractivity contribution is 5.72. The summed E-state index contributed by atoms with van der Waals surface area (Å²) in [6.45, 7) is 4.65. The molecular weight excluding hydrogens is 204 g/mol. The Kier molecular flexibility index (Phi) is 2.60. The molecule has 1 aliphatic rings. The lowest BCUT2D eigenvalue weighted by atomic mass is 10.2. The van der Waals surface area contributed by atoms with Gasteiger partial charge in [-0.1, -0.05) is 6.07 Å². The Morgan fingerprint density at radius 3 is 3.00 bits per heavy atom. The van der Waals surface area contributed by atoms with Gasteiger partial charge in [0.2, 0.25) is 0 Å². The molecule has 0 radical (unpaired) electrons. The summed E-state index contributed by atoms with van der Waals surface area (Å²) in [5.41, 5.74) is 3.06. The molecule has 0 atom stereocenters. The second-order valence-corrected chi connectivity index (χ2v) is 4.04. The van der Waals surface area contributed by atoms with Gasteiger partial charge in [0.25, 0.3) is 0 Å². The Morgan fingerprint density at radius 1 is 1.25 bits per heavy atom. The molecule has 1 aromatic carbocycles. The number of hydrogen-bond donors (Lipinski definition) is 0. The van der Waals surface area contributed by atoms with E-state index in [1.54, 1.807) is 0 Å². The van der Waals surface area contributed by atoms with E-state index in [1.807, 2.05) is 6.07 Å². The molecule has 0 amide bonds. The minimum absolute atomic E-state index is 0.838. The van der Waals surface area contributed by atoms with Gasteiger partial charge in [0.15, 0.2) is 12.0 Å². The average Bonchev–Trinajstić information content (AvgIpc) is 2.77. The normalized spacial score (nSPS) is 18.0. The number of ether oxygens (including phenoxy) is 1. The van der Waals surface area contributed by atoms with Gasteiger partial charge in [-0.15, -0.1) is 0 Å². The molecule has 0 spiro atoms. The third kappa shape index (κ3) is 1.94. The molecule has 2 aromatic rings. The van der Waals surface area contributed by atoms with E-state index in [1.165, 1.54) is 12.0 Å². The molecule has 0 unspecified atom stereocenters. The van der Waals surface area contributed by atoms with Crippen molar-refractivity contribution in [2.75, 3.05) is 26.3 Å². The van der Waals surface area contributed by atoms with Gasteiger partial charge < -0.3 is 9.15 Å². The summed E-state index contributed by atoms with van der Waals surface area (Å²) in [6, 6.07) is 6.19. The molecule has 0 bridgehead atoms. The first-order valence-corrected chi connectivity index (χ1v) is 5.54. The van der Waals surface area contributed by atoms with Crippen molar-refractivity contribution in [2.24, 2.45) is 0 Å². The highest BCUT2D eigenvalue weighted by atomic mass is 16.5. The lowest BCUT2D eigenvalue weighted by molar-refractivity contribution is 0.0342. The molecule has 3 rings (SSSR count). The minimum atomic E-state index is 0.838. The van der Waals surface area contributed by atoms with E-state index < -0.39 is 0 Å². The predicted octanol–water partition coefficient (Wildman–Crippen LogP) is 1.66. The molecule has 1 fully saturated rings. The Hall–Kier alpha value is -1.39. The maximum Gasteiger partial charge on any atom is 0.181 e. The van der Waals surface area contributed by atoms with Crippen molar-refractivity contribution in [3.8, 4) is 0 Å². The number of aromatic nitrogens is 1. The second-order valence-electron chi connectivity index (χ2n) is 4.04. The van der Waals surface area contributed by atoms with Crippen molar-refractivity contribution in [3.63, 3.8) is 0 Å². The van der Waals surface area contributed by atoms with Gasteiger partial charge in [0.1, 0.15) is 5.52 Å². The quantitative estimate of drug-likeness (QED) is 0.768. The minimum Gasteiger partial charge on any atom is -0.443 e. The molecule has 4 nitrogen and oxygen atoms in total. The molecule has 16 heavy (non-hydrogen) atoms. The van der Waals surface area contributed by atoms with Gasteiger partial charge in [-0.3, -0.25) is 4.90 Å². The number of rotatable bonds is 2. The first kappa shape index (κ1) is 9.81. The molecule has 84 valence electrons. The van der Waals surface area contributed by atoms with E-state index in [0.717, 1.165) is 43.9 Å². The van der Waals surface area contributed by atoms with Crippen LogP contribution in [-0.2, 0) is 11.3 Å². The first-order chi connectivity index (χ1) is 7.92. The van der Waals surface area contributed by atoms with Gasteiger partial charge in [-0.25, -0.2) is 4.98 Å². The first-order valence-electron chi connectivity index (χ1n) is 5.54. The van der Waals surface area contributed by atoms with Crippen LogP contribution >= 0.6 is 0 Å². The van der Waals surface area contributed by atoms with Crippen LogP contribution in [0.2, 0.25) is 0 Å². The van der Waals surface area contributed by atoms with Crippen molar-refractivity contribution in [3.05, 3.63) is 30.2 Å². The van der Waals surface area contributed by atoms with Crippen molar-refractivity contribution >= 4 is 11.1 Å². The molecule has 1 aromatic heterocycles. The molecule has 1 aliphatic heterocycles. The lowest BCUT2D eigenvalue weighted by Crippen LogP contribution is -2.35. The molecule has 2 heterocycles. The van der Waals surface area contributed by atoms with Gasteiger partial charge in [-0.2, -0.15) is 0 Å². The summed E-state index contributed by atoms with van der Waals surface area (Å²) in [6.07, 6.45) is 1.49. The summed E-state index contributed by atoms with van der Waals surface area (Å²) in [4.78, 5) is 6.50. The summed E-state index contributed by atoms with van der Waals surface area (Å²) < 4.78 is 10.6. The molecule has 0 aliphatic carbocycles. The Labute approximate surface area is 93.8 Å². The molecule has 0 saturated carbocycles. The summed E-state index contributed by atoms with van der Waals surface area (Å²) in [7, 11) is 0. The van der Waals surface area contributed by atoms with E-state index in [-0.39, 0.29) is 0 Å². The predicted molar refractivity (Wildman–Crippen MR) is 60.1 cm³/mol. The number of oxazole rings is 1. The number of nitrogens with zero attached hydrogens (tertiary/aromatic N) is 2. The molecule has 4 heteroatoms. The number of hydrogen-bond acceptors (Lipinski definition) is 4. The summed E-state index contributed by atoms with van der Waals surface area (Å²) in [5, 5.41) is 0. The van der Waals surface area contributed by atoms with Gasteiger partial charge in [0.05, 0.1) is 13.2 Å². The van der Waals surface area contributed by atoms with E-state index in [9.17, 15) is 0 Å². The Morgan fingerprint density at radius 2 is 2.12 bits per heavy atom. The van der Waals surface area contributed by atoms with Crippen LogP contribution in [0.3, 0.4) is 0 Å². The van der Waals surface area contributed by atoms with E-state index in [2.05, 4.69) is 22.0 Å². The van der Waals surface area contributed by atoms with Gasteiger partial charge in [-0.05, 0) is 17.7 Å². The Bertz CT molecular complexity index is 475. The van der Waals surface area contributed by atoms with E-state index >= 15 is 0 Å². The van der Waals surface area contributed by atoms with Crippen LogP contribution in [0.5, 0.6) is 0 Å². The van der Waals surface area contributed by atoms with Crippen LogP contribution < -0.4 is 0 Å². The second kappa shape index (κ2) is 4.23. The van der Waals surface area contributed by atoms with Crippen molar-refractivity contribution in [1.82, 2.24) is 9.88 Å². The topological polar surface area (TPSA) is 38.5 Å². The van der Waals surface area contributed by atoms with Crippen LogP contribution in [0.25, 0.3) is 11.1 Å². The highest BCUT2D eigenvalue weighted by Crippen LogP contribution is 2.16. The number of morpholine rings is 1. The largest absolute Gasteiger partial charge is 0.443 e. The smallest absolute Gasteiger partial charge is 0.181 e. The average molecular weight is 218 g/mol. The fourth-order valence-electron chi connectivity index (χ4n) is 2.02. The third-order valence-corrected chi connectivity index (χ3v) is 2.91. The molecular formula is C12H14N2O2. The van der Waals surface area contributed by atoms with Crippen molar-refractivity contribution in [1.29, 1.82) is 0 Å². The SMILES string of the molecule is c1nc2ccc(CN3CCOCC3)cc2o1.